The van der Waals surface area contributed by atoms with Crippen LogP contribution in [0.3, 0.4) is 0 Å². The van der Waals surface area contributed by atoms with Gasteiger partial charge in [0.2, 0.25) is 0 Å². The molecular weight excluding hydrogens is 278 g/mol. The van der Waals surface area contributed by atoms with Crippen LogP contribution in [0.25, 0.3) is 0 Å². The Labute approximate surface area is 121 Å². The molecule has 0 atom stereocenters. The molecule has 1 aliphatic rings. The maximum atomic E-state index is 11.6. The fourth-order valence-electron chi connectivity index (χ4n) is 2.41. The molecule has 1 heterocycles. The van der Waals surface area contributed by atoms with Gasteiger partial charge in [0.15, 0.2) is 0 Å². The summed E-state index contributed by atoms with van der Waals surface area (Å²) >= 11 is 1.50. The van der Waals surface area contributed by atoms with E-state index in [0.29, 0.717) is 31.8 Å². The van der Waals surface area contributed by atoms with Crippen LogP contribution in [0, 0.1) is 11.8 Å². The first-order chi connectivity index (χ1) is 9.65. The fraction of sp³-hybridized carbons (Fsp3) is 0.615. The summed E-state index contributed by atoms with van der Waals surface area (Å²) < 4.78 is 0. The van der Waals surface area contributed by atoms with Crippen molar-refractivity contribution in [3.8, 4) is 0 Å². The molecule has 0 unspecified atom stereocenters. The summed E-state index contributed by atoms with van der Waals surface area (Å²) in [4.78, 5) is 26.5. The van der Waals surface area contributed by atoms with Crippen molar-refractivity contribution in [2.75, 3.05) is 6.54 Å². The number of amides is 2. The second-order valence-electron chi connectivity index (χ2n) is 5.05. The smallest absolute Gasteiger partial charge is 0.315 e. The van der Waals surface area contributed by atoms with E-state index in [-0.39, 0.29) is 11.9 Å². The number of carbonyl (C=O) groups is 2. The van der Waals surface area contributed by atoms with Crippen molar-refractivity contribution in [3.05, 3.63) is 16.6 Å². The molecule has 3 N–H and O–H groups in total. The Hall–Kier alpha value is -1.63. The maximum Gasteiger partial charge on any atom is 0.315 e. The molecule has 110 valence electrons. The van der Waals surface area contributed by atoms with Crippen LogP contribution >= 0.6 is 11.3 Å². The number of aromatic nitrogens is 1. The average Bonchev–Trinajstić information content (AvgIpc) is 2.96. The van der Waals surface area contributed by atoms with Crippen LogP contribution in [0.1, 0.15) is 30.7 Å². The van der Waals surface area contributed by atoms with E-state index in [1.165, 1.54) is 11.3 Å². The van der Waals surface area contributed by atoms with Crippen LogP contribution in [0.5, 0.6) is 0 Å². The highest BCUT2D eigenvalue weighted by Crippen LogP contribution is 2.28. The third-order valence-electron chi connectivity index (χ3n) is 3.63. The summed E-state index contributed by atoms with van der Waals surface area (Å²) in [5, 5.41) is 17.3. The number of rotatable bonds is 5. The number of hydrogen-bond acceptors (Lipinski definition) is 4. The van der Waals surface area contributed by atoms with Crippen LogP contribution in [0.15, 0.2) is 11.6 Å². The van der Waals surface area contributed by atoms with Gasteiger partial charge in [0.05, 0.1) is 12.5 Å². The van der Waals surface area contributed by atoms with Gasteiger partial charge < -0.3 is 15.7 Å². The van der Waals surface area contributed by atoms with Crippen LogP contribution in [0.2, 0.25) is 0 Å². The van der Waals surface area contributed by atoms with Gasteiger partial charge in [-0.05, 0) is 31.6 Å². The maximum absolute atomic E-state index is 11.6. The zero-order valence-corrected chi connectivity index (χ0v) is 12.0. The third-order valence-corrected chi connectivity index (χ3v) is 4.41. The zero-order valence-electron chi connectivity index (χ0n) is 11.2. The molecule has 0 saturated heterocycles. The normalized spacial score (nSPS) is 22.2. The number of carbonyl (C=O) groups excluding carboxylic acids is 1. The average molecular weight is 297 g/mol. The van der Waals surface area contributed by atoms with Crippen molar-refractivity contribution in [1.82, 2.24) is 15.6 Å². The molecule has 6 nitrogen and oxygen atoms in total. The molecule has 0 aromatic carbocycles. The first-order valence-corrected chi connectivity index (χ1v) is 7.66. The summed E-state index contributed by atoms with van der Waals surface area (Å²) in [6.07, 6.45) is 4.86. The third kappa shape index (κ3) is 4.48. The van der Waals surface area contributed by atoms with Gasteiger partial charge in [0.1, 0.15) is 5.01 Å². The van der Waals surface area contributed by atoms with E-state index in [1.807, 2.05) is 5.38 Å². The Kier molecular flexibility index (Phi) is 5.34. The lowest BCUT2D eigenvalue weighted by Crippen LogP contribution is -2.38. The molecule has 0 spiro atoms. The lowest BCUT2D eigenvalue weighted by molar-refractivity contribution is -0.143. The van der Waals surface area contributed by atoms with E-state index < -0.39 is 5.97 Å². The number of nitrogens with zero attached hydrogens (tertiary/aromatic N) is 1. The molecule has 2 amide bonds. The van der Waals surface area contributed by atoms with Crippen molar-refractivity contribution < 1.29 is 14.7 Å². The summed E-state index contributed by atoms with van der Waals surface area (Å²) in [5.41, 5.74) is 0. The number of urea groups is 1. The van der Waals surface area contributed by atoms with Crippen LogP contribution < -0.4 is 10.6 Å². The molecular formula is C13H19N3O3S. The van der Waals surface area contributed by atoms with E-state index in [4.69, 9.17) is 5.11 Å². The van der Waals surface area contributed by atoms with E-state index in [2.05, 4.69) is 15.6 Å². The largest absolute Gasteiger partial charge is 0.481 e. The van der Waals surface area contributed by atoms with Gasteiger partial charge >= 0.3 is 12.0 Å². The number of nitrogens with one attached hydrogen (secondary N) is 2. The Morgan fingerprint density at radius 3 is 2.65 bits per heavy atom. The van der Waals surface area contributed by atoms with Gasteiger partial charge in [-0.2, -0.15) is 0 Å². The summed E-state index contributed by atoms with van der Waals surface area (Å²) in [6.45, 7) is 1.05. The fourth-order valence-corrected chi connectivity index (χ4v) is 2.97. The van der Waals surface area contributed by atoms with Gasteiger partial charge in [-0.1, -0.05) is 0 Å². The van der Waals surface area contributed by atoms with Gasteiger partial charge in [0.25, 0.3) is 0 Å². The molecule has 0 radical (unpaired) electrons. The molecule has 0 bridgehead atoms. The second-order valence-corrected chi connectivity index (χ2v) is 6.02. The van der Waals surface area contributed by atoms with Crippen LogP contribution in [0.4, 0.5) is 4.79 Å². The molecule has 2 rings (SSSR count). The molecule has 1 aromatic rings. The Morgan fingerprint density at radius 1 is 1.30 bits per heavy atom. The molecule has 1 aliphatic carbocycles. The zero-order chi connectivity index (χ0) is 14.4. The summed E-state index contributed by atoms with van der Waals surface area (Å²) in [5.74, 6) is -0.515. The molecule has 1 fully saturated rings. The van der Waals surface area contributed by atoms with Crippen molar-refractivity contribution in [2.45, 2.75) is 32.2 Å². The van der Waals surface area contributed by atoms with E-state index >= 15 is 0 Å². The van der Waals surface area contributed by atoms with E-state index in [1.54, 1.807) is 6.20 Å². The van der Waals surface area contributed by atoms with Gasteiger partial charge in [-0.25, -0.2) is 9.78 Å². The van der Waals surface area contributed by atoms with Crippen LogP contribution in [-0.4, -0.2) is 28.6 Å². The predicted molar refractivity (Wildman–Crippen MR) is 75.4 cm³/mol. The monoisotopic (exact) mass is 297 g/mol. The molecule has 1 aromatic heterocycles. The lowest BCUT2D eigenvalue weighted by Gasteiger charge is -2.26. The quantitative estimate of drug-likeness (QED) is 0.773. The van der Waals surface area contributed by atoms with Crippen molar-refractivity contribution in [1.29, 1.82) is 0 Å². The van der Waals surface area contributed by atoms with E-state index in [9.17, 15) is 9.59 Å². The summed E-state index contributed by atoms with van der Waals surface area (Å²) in [7, 11) is 0. The number of carboxylic acid groups (broad SMARTS) is 1. The van der Waals surface area contributed by atoms with Crippen LogP contribution in [-0.2, 0) is 11.3 Å². The number of aliphatic carboxylic acids is 1. The summed E-state index contributed by atoms with van der Waals surface area (Å²) in [6, 6.07) is -0.194. The van der Waals surface area contributed by atoms with Gasteiger partial charge in [-0.3, -0.25) is 4.79 Å². The number of thiazole rings is 1. The first-order valence-electron chi connectivity index (χ1n) is 6.78. The van der Waals surface area contributed by atoms with E-state index in [0.717, 1.165) is 17.8 Å². The minimum Gasteiger partial charge on any atom is -0.481 e. The Morgan fingerprint density at radius 2 is 2.05 bits per heavy atom. The van der Waals surface area contributed by atoms with Gasteiger partial charge in [0, 0.05) is 18.1 Å². The predicted octanol–water partition coefficient (Wildman–Crippen LogP) is 1.83. The molecule has 7 heteroatoms. The topological polar surface area (TPSA) is 91.3 Å². The number of hydrogen-bond donors (Lipinski definition) is 3. The number of carboxylic acids is 1. The van der Waals surface area contributed by atoms with Crippen molar-refractivity contribution in [2.24, 2.45) is 11.8 Å². The standard InChI is InChI=1S/C13H19N3O3S/c17-12(18)10-3-1-9(2-4-10)7-15-13(19)16-8-11-14-5-6-20-11/h5-6,9-10H,1-4,7-8H2,(H,17,18)(H2,15,16,19). The minimum atomic E-state index is -0.697. The molecule has 20 heavy (non-hydrogen) atoms. The van der Waals surface area contributed by atoms with Gasteiger partial charge in [-0.15, -0.1) is 11.3 Å². The first kappa shape index (κ1) is 14.8. The molecule has 1 saturated carbocycles. The van der Waals surface area contributed by atoms with Crippen molar-refractivity contribution in [3.63, 3.8) is 0 Å². The minimum absolute atomic E-state index is 0.194. The lowest BCUT2D eigenvalue weighted by atomic mass is 9.82. The Bertz CT molecular complexity index is 442. The molecule has 0 aliphatic heterocycles. The van der Waals surface area contributed by atoms with Crippen molar-refractivity contribution >= 4 is 23.3 Å². The highest BCUT2D eigenvalue weighted by atomic mass is 32.1. The second kappa shape index (κ2) is 7.23. The Balaban J connectivity index is 1.61. The highest BCUT2D eigenvalue weighted by Gasteiger charge is 2.25. The SMILES string of the molecule is O=C(NCc1nccs1)NCC1CCC(C(=O)O)CC1. The highest BCUT2D eigenvalue weighted by molar-refractivity contribution is 7.09.